The van der Waals surface area contributed by atoms with Crippen molar-refractivity contribution in [3.05, 3.63) is 71.5 Å². The summed E-state index contributed by atoms with van der Waals surface area (Å²) in [5.41, 5.74) is 0.944. The van der Waals surface area contributed by atoms with Crippen molar-refractivity contribution in [2.45, 2.75) is 25.2 Å². The number of ketones is 2. The highest BCUT2D eigenvalue weighted by Gasteiger charge is 2.43. The molecular weight excluding hydrogens is 335 g/mol. The monoisotopic (exact) mass is 354 g/mol. The molecule has 0 radical (unpaired) electrons. The minimum Gasteiger partial charge on any atom is -0.481 e. The third-order valence-electron chi connectivity index (χ3n) is 4.75. The molecular formula is C21H19FO4. The van der Waals surface area contributed by atoms with E-state index >= 15 is 0 Å². The van der Waals surface area contributed by atoms with E-state index in [1.807, 2.05) is 0 Å². The van der Waals surface area contributed by atoms with E-state index in [4.69, 9.17) is 0 Å². The molecule has 2 atom stereocenters. The van der Waals surface area contributed by atoms with Crippen LogP contribution in [0.5, 0.6) is 0 Å². The molecule has 0 aliphatic heterocycles. The van der Waals surface area contributed by atoms with Gasteiger partial charge in [0.1, 0.15) is 11.7 Å². The zero-order valence-corrected chi connectivity index (χ0v) is 14.1. The lowest BCUT2D eigenvalue weighted by Crippen LogP contribution is -2.32. The van der Waals surface area contributed by atoms with Gasteiger partial charge in [-0.1, -0.05) is 42.5 Å². The Labute approximate surface area is 150 Å². The van der Waals surface area contributed by atoms with Crippen LogP contribution in [0.15, 0.2) is 54.6 Å². The van der Waals surface area contributed by atoms with Crippen molar-refractivity contribution in [3.8, 4) is 0 Å². The quantitative estimate of drug-likeness (QED) is 0.577. The fraction of sp³-hybridized carbons (Fsp3) is 0.286. The number of Topliss-reactive ketones (excluding diaryl/α,β-unsaturated/α-hetero) is 2. The molecule has 0 spiro atoms. The van der Waals surface area contributed by atoms with Gasteiger partial charge in [-0.15, -0.1) is 0 Å². The molecule has 0 aromatic heterocycles. The van der Waals surface area contributed by atoms with Gasteiger partial charge in [-0.05, 0) is 30.5 Å². The standard InChI is InChI=1S/C21H19FO4/c22-16-10-8-13(9-11-16)17(12-18(23)14-4-2-1-3-5-14)19(21(25)26)20(24)15-6-7-15/h1-5,8-11,15,17,19H,6-7,12H2,(H,25,26). The summed E-state index contributed by atoms with van der Waals surface area (Å²) in [5, 5.41) is 9.68. The van der Waals surface area contributed by atoms with Gasteiger partial charge in [0.15, 0.2) is 11.6 Å². The molecule has 0 heterocycles. The Balaban J connectivity index is 1.95. The third kappa shape index (κ3) is 4.04. The molecule has 0 amide bonds. The molecule has 1 fully saturated rings. The highest BCUT2D eigenvalue weighted by molar-refractivity contribution is 6.03. The van der Waals surface area contributed by atoms with E-state index in [1.165, 1.54) is 24.3 Å². The highest BCUT2D eigenvalue weighted by atomic mass is 19.1. The minimum atomic E-state index is -1.30. The first kappa shape index (κ1) is 18.0. The lowest BCUT2D eigenvalue weighted by molar-refractivity contribution is -0.147. The molecule has 134 valence electrons. The van der Waals surface area contributed by atoms with Crippen molar-refractivity contribution in [2.24, 2.45) is 11.8 Å². The van der Waals surface area contributed by atoms with Gasteiger partial charge >= 0.3 is 5.97 Å². The molecule has 26 heavy (non-hydrogen) atoms. The molecule has 1 saturated carbocycles. The van der Waals surface area contributed by atoms with E-state index in [2.05, 4.69) is 0 Å². The maximum Gasteiger partial charge on any atom is 0.314 e. The van der Waals surface area contributed by atoms with Crippen LogP contribution in [0.4, 0.5) is 4.39 Å². The van der Waals surface area contributed by atoms with E-state index < -0.39 is 23.6 Å². The summed E-state index contributed by atoms with van der Waals surface area (Å²) >= 11 is 0. The number of aliphatic carboxylic acids is 1. The molecule has 5 heteroatoms. The summed E-state index contributed by atoms with van der Waals surface area (Å²) in [5.74, 6) is -4.65. The van der Waals surface area contributed by atoms with Crippen LogP contribution in [0.2, 0.25) is 0 Å². The van der Waals surface area contributed by atoms with Crippen molar-refractivity contribution in [1.29, 1.82) is 0 Å². The predicted octanol–water partition coefficient (Wildman–Crippen LogP) is 3.86. The number of benzene rings is 2. The van der Waals surface area contributed by atoms with Gasteiger partial charge in [0.05, 0.1) is 0 Å². The largest absolute Gasteiger partial charge is 0.481 e. The van der Waals surface area contributed by atoms with Crippen LogP contribution >= 0.6 is 0 Å². The van der Waals surface area contributed by atoms with Crippen LogP contribution in [-0.2, 0) is 9.59 Å². The summed E-state index contributed by atoms with van der Waals surface area (Å²) in [4.78, 5) is 37.1. The number of carboxylic acids is 1. The smallest absolute Gasteiger partial charge is 0.314 e. The van der Waals surface area contributed by atoms with Crippen molar-refractivity contribution in [1.82, 2.24) is 0 Å². The molecule has 1 aliphatic carbocycles. The van der Waals surface area contributed by atoms with Gasteiger partial charge in [0, 0.05) is 23.8 Å². The molecule has 1 N–H and O–H groups in total. The first-order chi connectivity index (χ1) is 12.5. The first-order valence-electron chi connectivity index (χ1n) is 8.57. The molecule has 1 aliphatic rings. The lowest BCUT2D eigenvalue weighted by atomic mass is 9.78. The number of hydrogen-bond donors (Lipinski definition) is 1. The first-order valence-corrected chi connectivity index (χ1v) is 8.57. The molecule has 0 saturated heterocycles. The van der Waals surface area contributed by atoms with Gasteiger partial charge in [-0.2, -0.15) is 0 Å². The van der Waals surface area contributed by atoms with Crippen molar-refractivity contribution < 1.29 is 23.9 Å². The van der Waals surface area contributed by atoms with Crippen LogP contribution in [-0.4, -0.2) is 22.6 Å². The number of halogens is 1. The minimum absolute atomic E-state index is 0.120. The van der Waals surface area contributed by atoms with E-state index in [0.717, 1.165) is 0 Å². The van der Waals surface area contributed by atoms with E-state index in [-0.39, 0.29) is 23.9 Å². The molecule has 2 aromatic carbocycles. The SMILES string of the molecule is O=C(CC(c1ccc(F)cc1)C(C(=O)O)C(=O)C1CC1)c1ccccc1. The zero-order chi connectivity index (χ0) is 18.7. The second-order valence-corrected chi connectivity index (χ2v) is 6.64. The third-order valence-corrected chi connectivity index (χ3v) is 4.75. The number of rotatable bonds is 8. The maximum absolute atomic E-state index is 13.3. The van der Waals surface area contributed by atoms with Crippen molar-refractivity contribution in [3.63, 3.8) is 0 Å². The Morgan fingerprint density at radius 3 is 2.15 bits per heavy atom. The topological polar surface area (TPSA) is 71.4 Å². The Kier molecular flexibility index (Phi) is 5.26. The van der Waals surface area contributed by atoms with Crippen LogP contribution in [0.1, 0.15) is 41.1 Å². The van der Waals surface area contributed by atoms with Gasteiger partial charge in [-0.25, -0.2) is 4.39 Å². The zero-order valence-electron chi connectivity index (χ0n) is 14.1. The number of carbonyl (C=O) groups excluding carboxylic acids is 2. The summed E-state index contributed by atoms with van der Waals surface area (Å²) < 4.78 is 13.3. The Hall–Kier alpha value is -2.82. The summed E-state index contributed by atoms with van der Waals surface area (Å²) in [7, 11) is 0. The van der Waals surface area contributed by atoms with Crippen LogP contribution in [0.25, 0.3) is 0 Å². The molecule has 0 bridgehead atoms. The molecule has 2 aromatic rings. The fourth-order valence-corrected chi connectivity index (χ4v) is 3.19. The number of carbonyl (C=O) groups is 3. The van der Waals surface area contributed by atoms with Crippen LogP contribution in [0, 0.1) is 17.7 Å². The van der Waals surface area contributed by atoms with Crippen LogP contribution < -0.4 is 0 Å². The second-order valence-electron chi connectivity index (χ2n) is 6.64. The van der Waals surface area contributed by atoms with E-state index in [9.17, 15) is 23.9 Å². The van der Waals surface area contributed by atoms with Crippen LogP contribution in [0.3, 0.4) is 0 Å². The van der Waals surface area contributed by atoms with Gasteiger partial charge in [0.25, 0.3) is 0 Å². The Bertz CT molecular complexity index is 810. The van der Waals surface area contributed by atoms with E-state index in [0.29, 0.717) is 24.0 Å². The van der Waals surface area contributed by atoms with Gasteiger partial charge < -0.3 is 5.11 Å². The average molecular weight is 354 g/mol. The normalized spacial score (nSPS) is 15.9. The van der Waals surface area contributed by atoms with E-state index in [1.54, 1.807) is 30.3 Å². The molecule has 2 unspecified atom stereocenters. The molecule has 3 rings (SSSR count). The molecule has 4 nitrogen and oxygen atoms in total. The summed E-state index contributed by atoms with van der Waals surface area (Å²) in [6.07, 6.45) is 1.25. The number of carboxylic acid groups (broad SMARTS) is 1. The highest BCUT2D eigenvalue weighted by Crippen LogP contribution is 2.39. The predicted molar refractivity (Wildman–Crippen MR) is 93.4 cm³/mol. The van der Waals surface area contributed by atoms with Gasteiger partial charge in [0.2, 0.25) is 0 Å². The maximum atomic E-state index is 13.3. The van der Waals surface area contributed by atoms with Crippen molar-refractivity contribution in [2.75, 3.05) is 0 Å². The average Bonchev–Trinajstić information content (AvgIpc) is 3.47. The lowest BCUT2D eigenvalue weighted by Gasteiger charge is -2.23. The van der Waals surface area contributed by atoms with Crippen molar-refractivity contribution >= 4 is 17.5 Å². The summed E-state index contributed by atoms with van der Waals surface area (Å²) in [6.45, 7) is 0. The Morgan fingerprint density at radius 2 is 1.62 bits per heavy atom. The fourth-order valence-electron chi connectivity index (χ4n) is 3.19. The summed E-state index contributed by atoms with van der Waals surface area (Å²) in [6, 6.07) is 13.9. The Morgan fingerprint density at radius 1 is 1.00 bits per heavy atom. The number of hydrogen-bond acceptors (Lipinski definition) is 3. The van der Waals surface area contributed by atoms with Gasteiger partial charge in [-0.3, -0.25) is 14.4 Å². The second kappa shape index (κ2) is 7.60.